The standard InChI is InChI=1S/C16H24N2O2/c1-11-10-15(19)12(2)9-14(11)18-16(20)4-3-13-5-7-17-8-6-13/h9-10,13,17,19H,3-8H2,1-2H3,(H,18,20). The number of phenols is 1. The molecule has 0 atom stereocenters. The third-order valence-electron chi connectivity index (χ3n) is 4.06. The van der Waals surface area contributed by atoms with E-state index in [4.69, 9.17) is 0 Å². The van der Waals surface area contributed by atoms with Gasteiger partial charge >= 0.3 is 0 Å². The van der Waals surface area contributed by atoms with Crippen LogP contribution < -0.4 is 10.6 Å². The van der Waals surface area contributed by atoms with Crippen molar-refractivity contribution in [1.82, 2.24) is 5.32 Å². The van der Waals surface area contributed by atoms with Crippen molar-refractivity contribution >= 4 is 11.6 Å². The number of aromatic hydroxyl groups is 1. The molecule has 0 radical (unpaired) electrons. The molecule has 0 spiro atoms. The average molecular weight is 276 g/mol. The zero-order chi connectivity index (χ0) is 14.5. The second-order valence-corrected chi connectivity index (χ2v) is 5.73. The van der Waals surface area contributed by atoms with Crippen molar-refractivity contribution in [3.8, 4) is 5.75 Å². The molecule has 0 bridgehead atoms. The average Bonchev–Trinajstić information content (AvgIpc) is 2.44. The number of carbonyl (C=O) groups excluding carboxylic acids is 1. The Kier molecular flexibility index (Phi) is 5.01. The van der Waals surface area contributed by atoms with Crippen molar-refractivity contribution < 1.29 is 9.90 Å². The van der Waals surface area contributed by atoms with E-state index in [1.54, 1.807) is 6.07 Å². The van der Waals surface area contributed by atoms with Crippen LogP contribution in [0.4, 0.5) is 5.69 Å². The second-order valence-electron chi connectivity index (χ2n) is 5.73. The fourth-order valence-electron chi connectivity index (χ4n) is 2.65. The van der Waals surface area contributed by atoms with E-state index >= 15 is 0 Å². The Morgan fingerprint density at radius 2 is 2.00 bits per heavy atom. The predicted molar refractivity (Wildman–Crippen MR) is 81.0 cm³/mol. The lowest BCUT2D eigenvalue weighted by Crippen LogP contribution is -2.28. The Bertz CT molecular complexity index is 480. The maximum absolute atomic E-state index is 12.0. The number of aryl methyl sites for hydroxylation is 2. The molecule has 110 valence electrons. The molecule has 1 amide bonds. The number of nitrogens with one attached hydrogen (secondary N) is 2. The van der Waals surface area contributed by atoms with Crippen LogP contribution in [0, 0.1) is 19.8 Å². The van der Waals surface area contributed by atoms with Gasteiger partial charge in [0.1, 0.15) is 5.75 Å². The summed E-state index contributed by atoms with van der Waals surface area (Å²) in [4.78, 5) is 12.0. The summed E-state index contributed by atoms with van der Waals surface area (Å²) in [5, 5.41) is 15.9. The van der Waals surface area contributed by atoms with Gasteiger partial charge in [0.2, 0.25) is 5.91 Å². The Balaban J connectivity index is 1.86. The van der Waals surface area contributed by atoms with Crippen molar-refractivity contribution in [2.24, 2.45) is 5.92 Å². The van der Waals surface area contributed by atoms with Crippen LogP contribution in [0.15, 0.2) is 12.1 Å². The molecule has 3 N–H and O–H groups in total. The monoisotopic (exact) mass is 276 g/mol. The minimum absolute atomic E-state index is 0.0664. The molecule has 2 rings (SSSR count). The number of anilines is 1. The number of rotatable bonds is 4. The summed E-state index contributed by atoms with van der Waals surface area (Å²) in [5.74, 6) is 1.01. The lowest BCUT2D eigenvalue weighted by Gasteiger charge is -2.22. The molecule has 1 aliphatic heterocycles. The molecule has 1 aliphatic rings. The molecule has 4 heteroatoms. The highest BCUT2D eigenvalue weighted by Gasteiger charge is 2.15. The lowest BCUT2D eigenvalue weighted by atomic mass is 9.93. The number of amides is 1. The normalized spacial score (nSPS) is 16.1. The zero-order valence-corrected chi connectivity index (χ0v) is 12.3. The molecule has 0 aliphatic carbocycles. The molecule has 4 nitrogen and oxygen atoms in total. The van der Waals surface area contributed by atoms with Crippen LogP contribution in [-0.4, -0.2) is 24.1 Å². The first kappa shape index (κ1) is 14.9. The van der Waals surface area contributed by atoms with Gasteiger partial charge in [0.25, 0.3) is 0 Å². The van der Waals surface area contributed by atoms with Gasteiger partial charge in [0.05, 0.1) is 0 Å². The van der Waals surface area contributed by atoms with E-state index in [0.717, 1.165) is 36.3 Å². The Labute approximate surface area is 120 Å². The molecule has 1 aromatic carbocycles. The van der Waals surface area contributed by atoms with E-state index < -0.39 is 0 Å². The first-order chi connectivity index (χ1) is 9.56. The fourth-order valence-corrected chi connectivity index (χ4v) is 2.65. The fraction of sp³-hybridized carbons (Fsp3) is 0.562. The van der Waals surface area contributed by atoms with Crippen LogP contribution in [0.3, 0.4) is 0 Å². The first-order valence-electron chi connectivity index (χ1n) is 7.37. The van der Waals surface area contributed by atoms with Gasteiger partial charge < -0.3 is 15.7 Å². The van der Waals surface area contributed by atoms with Crippen LogP contribution in [0.1, 0.15) is 36.8 Å². The molecule has 1 fully saturated rings. The van der Waals surface area contributed by atoms with E-state index in [1.165, 1.54) is 12.8 Å². The van der Waals surface area contributed by atoms with Crippen molar-refractivity contribution in [1.29, 1.82) is 0 Å². The summed E-state index contributed by atoms with van der Waals surface area (Å²) in [6.07, 6.45) is 3.88. The summed E-state index contributed by atoms with van der Waals surface area (Å²) in [7, 11) is 0. The van der Waals surface area contributed by atoms with Crippen LogP contribution in [0.25, 0.3) is 0 Å². The quantitative estimate of drug-likeness (QED) is 0.741. The van der Waals surface area contributed by atoms with Gasteiger partial charge in [-0.25, -0.2) is 0 Å². The maximum Gasteiger partial charge on any atom is 0.224 e. The van der Waals surface area contributed by atoms with Crippen LogP contribution in [0.2, 0.25) is 0 Å². The summed E-state index contributed by atoms with van der Waals surface area (Å²) in [6.45, 7) is 5.87. The summed E-state index contributed by atoms with van der Waals surface area (Å²) in [5.41, 5.74) is 2.48. The molecule has 0 aromatic heterocycles. The molecule has 0 unspecified atom stereocenters. The predicted octanol–water partition coefficient (Wildman–Crippen LogP) is 2.73. The molecular weight excluding hydrogens is 252 g/mol. The summed E-state index contributed by atoms with van der Waals surface area (Å²) >= 11 is 0. The largest absolute Gasteiger partial charge is 0.508 e. The van der Waals surface area contributed by atoms with E-state index in [0.29, 0.717) is 12.3 Å². The van der Waals surface area contributed by atoms with Gasteiger partial charge in [-0.1, -0.05) is 0 Å². The highest BCUT2D eigenvalue weighted by atomic mass is 16.3. The minimum Gasteiger partial charge on any atom is -0.508 e. The SMILES string of the molecule is Cc1cc(NC(=O)CCC2CCNCC2)c(C)cc1O. The molecular formula is C16H24N2O2. The summed E-state index contributed by atoms with van der Waals surface area (Å²) < 4.78 is 0. The van der Waals surface area contributed by atoms with Crippen molar-refractivity contribution in [2.45, 2.75) is 39.5 Å². The van der Waals surface area contributed by atoms with Crippen LogP contribution in [-0.2, 0) is 4.79 Å². The number of piperidine rings is 1. The topological polar surface area (TPSA) is 61.4 Å². The van der Waals surface area contributed by atoms with Crippen molar-refractivity contribution in [3.05, 3.63) is 23.3 Å². The number of carbonyl (C=O) groups is 1. The van der Waals surface area contributed by atoms with Crippen molar-refractivity contribution in [2.75, 3.05) is 18.4 Å². The molecule has 20 heavy (non-hydrogen) atoms. The van der Waals surface area contributed by atoms with E-state index in [1.807, 2.05) is 19.9 Å². The molecule has 1 aromatic rings. The van der Waals surface area contributed by atoms with Gasteiger partial charge in [-0.15, -0.1) is 0 Å². The van der Waals surface area contributed by atoms with E-state index in [-0.39, 0.29) is 11.7 Å². The molecule has 0 saturated carbocycles. The lowest BCUT2D eigenvalue weighted by molar-refractivity contribution is -0.116. The van der Waals surface area contributed by atoms with Gasteiger partial charge in [-0.05, 0) is 75.4 Å². The van der Waals surface area contributed by atoms with Crippen LogP contribution in [0.5, 0.6) is 5.75 Å². The molecule has 1 heterocycles. The molecule has 1 saturated heterocycles. The number of hydrogen-bond acceptors (Lipinski definition) is 3. The van der Waals surface area contributed by atoms with E-state index in [9.17, 15) is 9.90 Å². The number of hydrogen-bond donors (Lipinski definition) is 3. The third kappa shape index (κ3) is 3.97. The van der Waals surface area contributed by atoms with Crippen LogP contribution >= 0.6 is 0 Å². The Hall–Kier alpha value is -1.55. The maximum atomic E-state index is 12.0. The van der Waals surface area contributed by atoms with Crippen molar-refractivity contribution in [3.63, 3.8) is 0 Å². The van der Waals surface area contributed by atoms with Gasteiger partial charge in [-0.2, -0.15) is 0 Å². The number of benzene rings is 1. The zero-order valence-electron chi connectivity index (χ0n) is 12.3. The summed E-state index contributed by atoms with van der Waals surface area (Å²) in [6, 6.07) is 3.52. The van der Waals surface area contributed by atoms with Gasteiger partial charge in [0.15, 0.2) is 0 Å². The Morgan fingerprint density at radius 1 is 1.30 bits per heavy atom. The first-order valence-corrected chi connectivity index (χ1v) is 7.37. The highest BCUT2D eigenvalue weighted by molar-refractivity contribution is 5.91. The van der Waals surface area contributed by atoms with Gasteiger partial charge in [-0.3, -0.25) is 4.79 Å². The smallest absolute Gasteiger partial charge is 0.224 e. The Morgan fingerprint density at radius 3 is 2.70 bits per heavy atom. The second kappa shape index (κ2) is 6.75. The highest BCUT2D eigenvalue weighted by Crippen LogP contribution is 2.25. The number of phenolic OH excluding ortho intramolecular Hbond substituents is 1. The third-order valence-corrected chi connectivity index (χ3v) is 4.06. The van der Waals surface area contributed by atoms with E-state index in [2.05, 4.69) is 10.6 Å². The minimum atomic E-state index is 0.0664. The van der Waals surface area contributed by atoms with Gasteiger partial charge in [0, 0.05) is 12.1 Å².